The summed E-state index contributed by atoms with van der Waals surface area (Å²) < 4.78 is 26.9. The summed E-state index contributed by atoms with van der Waals surface area (Å²) in [7, 11) is -3.43. The Kier molecular flexibility index (Phi) is 5.52. The predicted octanol–water partition coefficient (Wildman–Crippen LogP) is 1.91. The normalized spacial score (nSPS) is 13.8. The fourth-order valence-electron chi connectivity index (χ4n) is 1.94. The van der Waals surface area contributed by atoms with Gasteiger partial charge in [-0.2, -0.15) is 4.31 Å². The Morgan fingerprint density at radius 1 is 1.32 bits per heavy atom. The van der Waals surface area contributed by atoms with Gasteiger partial charge in [0, 0.05) is 13.1 Å². The third-order valence-corrected chi connectivity index (χ3v) is 5.31. The van der Waals surface area contributed by atoms with Crippen LogP contribution in [0.4, 0.5) is 0 Å². The second kappa shape index (κ2) is 6.50. The second-order valence-electron chi connectivity index (χ2n) is 5.07. The Balaban J connectivity index is 3.17. The largest absolute Gasteiger partial charge is 0.330 e. The molecule has 0 heterocycles. The van der Waals surface area contributed by atoms with E-state index < -0.39 is 10.0 Å². The zero-order chi connectivity index (χ0) is 14.6. The summed E-state index contributed by atoms with van der Waals surface area (Å²) in [6.45, 7) is 8.94. The van der Waals surface area contributed by atoms with Gasteiger partial charge in [-0.3, -0.25) is 0 Å². The summed E-state index contributed by atoms with van der Waals surface area (Å²) >= 11 is 0. The van der Waals surface area contributed by atoms with Crippen LogP contribution in [0.2, 0.25) is 0 Å². The third-order valence-electron chi connectivity index (χ3n) is 3.23. The minimum Gasteiger partial charge on any atom is -0.330 e. The Bertz CT molecular complexity index is 526. The lowest BCUT2D eigenvalue weighted by Gasteiger charge is -2.24. The molecule has 1 rings (SSSR count). The van der Waals surface area contributed by atoms with E-state index in [1.54, 1.807) is 6.07 Å². The van der Waals surface area contributed by atoms with E-state index >= 15 is 0 Å². The maximum atomic E-state index is 12.7. The van der Waals surface area contributed by atoms with Crippen LogP contribution in [-0.4, -0.2) is 32.4 Å². The van der Waals surface area contributed by atoms with Crippen LogP contribution in [-0.2, 0) is 10.0 Å². The monoisotopic (exact) mass is 284 g/mol. The number of aryl methyl sites for hydroxylation is 2. The van der Waals surface area contributed by atoms with Crippen LogP contribution in [0, 0.1) is 19.8 Å². The van der Waals surface area contributed by atoms with Gasteiger partial charge in [-0.05, 0) is 43.5 Å². The average Bonchev–Trinajstić information content (AvgIpc) is 2.37. The lowest BCUT2D eigenvalue weighted by molar-refractivity contribution is 0.371. The number of benzene rings is 1. The van der Waals surface area contributed by atoms with E-state index in [2.05, 4.69) is 0 Å². The maximum Gasteiger partial charge on any atom is 0.243 e. The number of nitrogens with two attached hydrogens (primary N) is 1. The molecule has 1 atom stereocenters. The summed E-state index contributed by atoms with van der Waals surface area (Å²) in [5, 5.41) is 0. The van der Waals surface area contributed by atoms with Gasteiger partial charge in [0.25, 0.3) is 0 Å². The minimum absolute atomic E-state index is 0.153. The molecule has 0 saturated heterocycles. The van der Waals surface area contributed by atoms with Crippen molar-refractivity contribution in [1.29, 1.82) is 0 Å². The molecule has 0 amide bonds. The van der Waals surface area contributed by atoms with Crippen molar-refractivity contribution >= 4 is 10.0 Å². The van der Waals surface area contributed by atoms with Gasteiger partial charge in [-0.1, -0.05) is 26.0 Å². The summed E-state index contributed by atoms with van der Waals surface area (Å²) in [4.78, 5) is 0.401. The van der Waals surface area contributed by atoms with Crippen molar-refractivity contribution in [1.82, 2.24) is 4.31 Å². The van der Waals surface area contributed by atoms with Crippen LogP contribution in [0.5, 0.6) is 0 Å². The van der Waals surface area contributed by atoms with Crippen LogP contribution >= 0.6 is 0 Å². The van der Waals surface area contributed by atoms with E-state index in [4.69, 9.17) is 5.73 Å². The van der Waals surface area contributed by atoms with Crippen LogP contribution in [0.1, 0.15) is 25.0 Å². The zero-order valence-electron chi connectivity index (χ0n) is 12.2. The summed E-state index contributed by atoms with van der Waals surface area (Å²) in [5.74, 6) is 0.153. The number of rotatable bonds is 6. The summed E-state index contributed by atoms with van der Waals surface area (Å²) in [6, 6.07) is 5.51. The molecule has 19 heavy (non-hydrogen) atoms. The first-order valence-corrected chi connectivity index (χ1v) is 8.04. The van der Waals surface area contributed by atoms with Crippen LogP contribution in [0.3, 0.4) is 0 Å². The Morgan fingerprint density at radius 2 is 1.95 bits per heavy atom. The first kappa shape index (κ1) is 16.1. The third kappa shape index (κ3) is 3.78. The van der Waals surface area contributed by atoms with Crippen LogP contribution in [0.15, 0.2) is 23.1 Å². The molecule has 4 nitrogen and oxygen atoms in total. The Labute approximate surface area is 116 Å². The lowest BCUT2D eigenvalue weighted by Crippen LogP contribution is -2.36. The zero-order valence-corrected chi connectivity index (χ0v) is 13.0. The molecule has 0 fully saturated rings. The fourth-order valence-corrected chi connectivity index (χ4v) is 3.82. The molecule has 0 saturated carbocycles. The van der Waals surface area contributed by atoms with Gasteiger partial charge in [0.05, 0.1) is 4.90 Å². The van der Waals surface area contributed by atoms with Crippen molar-refractivity contribution in [2.75, 3.05) is 19.6 Å². The van der Waals surface area contributed by atoms with E-state index in [1.165, 1.54) is 4.31 Å². The molecular weight excluding hydrogens is 260 g/mol. The smallest absolute Gasteiger partial charge is 0.243 e. The molecule has 0 radical (unpaired) electrons. The van der Waals surface area contributed by atoms with E-state index in [9.17, 15) is 8.42 Å². The number of hydrogen-bond donors (Lipinski definition) is 1. The first-order chi connectivity index (χ1) is 8.82. The van der Waals surface area contributed by atoms with Crippen molar-refractivity contribution in [3.63, 3.8) is 0 Å². The molecule has 2 N–H and O–H groups in total. The molecular formula is C14H24N2O2S. The van der Waals surface area contributed by atoms with E-state index in [0.29, 0.717) is 24.5 Å². The fraction of sp³-hybridized carbons (Fsp3) is 0.571. The molecule has 0 aliphatic rings. The molecule has 1 aromatic carbocycles. The highest BCUT2D eigenvalue weighted by Crippen LogP contribution is 2.21. The van der Waals surface area contributed by atoms with Gasteiger partial charge in [-0.15, -0.1) is 0 Å². The molecule has 0 bridgehead atoms. The summed E-state index contributed by atoms with van der Waals surface area (Å²) in [6.07, 6.45) is 0. The average molecular weight is 284 g/mol. The van der Waals surface area contributed by atoms with Gasteiger partial charge < -0.3 is 5.73 Å². The highest BCUT2D eigenvalue weighted by Gasteiger charge is 2.25. The molecule has 1 unspecified atom stereocenters. The van der Waals surface area contributed by atoms with Crippen LogP contribution < -0.4 is 5.73 Å². The number of sulfonamides is 1. The van der Waals surface area contributed by atoms with Gasteiger partial charge in [-0.25, -0.2) is 8.42 Å². The van der Waals surface area contributed by atoms with Gasteiger partial charge in [0.15, 0.2) is 0 Å². The van der Waals surface area contributed by atoms with Crippen LogP contribution in [0.25, 0.3) is 0 Å². The molecule has 1 aromatic rings. The minimum atomic E-state index is -3.43. The van der Waals surface area contributed by atoms with E-state index in [-0.39, 0.29) is 5.92 Å². The standard InChI is InChI=1S/C14H24N2O2S/c1-5-16(10-12(3)9-15)19(17,18)14-8-11(2)6-7-13(14)4/h6-8,12H,5,9-10,15H2,1-4H3. The summed E-state index contributed by atoms with van der Waals surface area (Å²) in [5.41, 5.74) is 7.32. The van der Waals surface area contributed by atoms with Gasteiger partial charge >= 0.3 is 0 Å². The maximum absolute atomic E-state index is 12.7. The van der Waals surface area contributed by atoms with Crippen molar-refractivity contribution in [3.8, 4) is 0 Å². The lowest BCUT2D eigenvalue weighted by atomic mass is 10.2. The first-order valence-electron chi connectivity index (χ1n) is 6.60. The van der Waals surface area contributed by atoms with E-state index in [1.807, 2.05) is 39.8 Å². The van der Waals surface area contributed by atoms with Gasteiger partial charge in [0.2, 0.25) is 10.0 Å². The molecule has 5 heteroatoms. The Hall–Kier alpha value is -0.910. The highest BCUT2D eigenvalue weighted by atomic mass is 32.2. The SMILES string of the molecule is CCN(CC(C)CN)S(=O)(=O)c1cc(C)ccc1C. The van der Waals surface area contributed by atoms with Crippen molar-refractivity contribution in [2.45, 2.75) is 32.6 Å². The molecule has 0 aliphatic heterocycles. The molecule has 108 valence electrons. The Morgan fingerprint density at radius 3 is 2.47 bits per heavy atom. The quantitative estimate of drug-likeness (QED) is 0.868. The van der Waals surface area contributed by atoms with Crippen molar-refractivity contribution < 1.29 is 8.42 Å². The van der Waals surface area contributed by atoms with Crippen molar-refractivity contribution in [2.24, 2.45) is 11.7 Å². The molecule has 0 aliphatic carbocycles. The number of nitrogens with zero attached hydrogens (tertiary/aromatic N) is 1. The topological polar surface area (TPSA) is 63.4 Å². The molecule has 0 spiro atoms. The van der Waals surface area contributed by atoms with Crippen molar-refractivity contribution in [3.05, 3.63) is 29.3 Å². The number of hydrogen-bond acceptors (Lipinski definition) is 3. The molecule has 0 aromatic heterocycles. The second-order valence-corrected chi connectivity index (χ2v) is 6.97. The van der Waals surface area contributed by atoms with E-state index in [0.717, 1.165) is 11.1 Å². The highest BCUT2D eigenvalue weighted by molar-refractivity contribution is 7.89. The predicted molar refractivity (Wildman–Crippen MR) is 78.6 cm³/mol. The van der Waals surface area contributed by atoms with Gasteiger partial charge in [0.1, 0.15) is 0 Å².